The first-order valence-electron chi connectivity index (χ1n) is 10.1. The van der Waals surface area contributed by atoms with Crippen LogP contribution in [-0.4, -0.2) is 48.9 Å². The van der Waals surface area contributed by atoms with E-state index in [0.717, 1.165) is 55.4 Å². The van der Waals surface area contributed by atoms with Crippen LogP contribution in [0.2, 0.25) is 5.02 Å². The van der Waals surface area contributed by atoms with Crippen molar-refractivity contribution >= 4 is 35.4 Å². The molecule has 154 valence electrons. The molecule has 1 aromatic carbocycles. The summed E-state index contributed by atoms with van der Waals surface area (Å²) in [6.45, 7) is 6.76. The van der Waals surface area contributed by atoms with Crippen LogP contribution in [0.4, 0.5) is 0 Å². The zero-order valence-corrected chi connectivity index (χ0v) is 17.9. The number of hydrogen-bond donors (Lipinski definition) is 0. The van der Waals surface area contributed by atoms with Crippen molar-refractivity contribution in [2.75, 3.05) is 26.3 Å². The Morgan fingerprint density at radius 3 is 2.55 bits per heavy atom. The van der Waals surface area contributed by atoms with Crippen LogP contribution in [0.3, 0.4) is 0 Å². The van der Waals surface area contributed by atoms with Crippen molar-refractivity contribution in [3.05, 3.63) is 51.7 Å². The van der Waals surface area contributed by atoms with Crippen LogP contribution in [0.1, 0.15) is 45.1 Å². The summed E-state index contributed by atoms with van der Waals surface area (Å²) in [5, 5.41) is 9.34. The van der Waals surface area contributed by atoms with Crippen molar-refractivity contribution < 1.29 is 9.53 Å². The Bertz CT molecular complexity index is 847. The summed E-state index contributed by atoms with van der Waals surface area (Å²) in [4.78, 5) is 13.5. The quantitative estimate of drug-likeness (QED) is 0.471. The van der Waals surface area contributed by atoms with E-state index >= 15 is 0 Å². The SMILES string of the molecule is CC(=O)CC/C(C)=N\N=C/C1=C(N2CCOCC2)C(=Cc2ccc(Cl)cc2)CC1. The number of ketones is 1. The second-order valence-corrected chi connectivity index (χ2v) is 7.91. The molecule has 0 amide bonds. The van der Waals surface area contributed by atoms with Crippen molar-refractivity contribution in [1.29, 1.82) is 0 Å². The first kappa shape index (κ1) is 21.5. The normalized spacial score (nSPS) is 19.6. The van der Waals surface area contributed by atoms with Crippen molar-refractivity contribution in [1.82, 2.24) is 4.90 Å². The fraction of sp³-hybridized carbons (Fsp3) is 0.435. The zero-order valence-electron chi connectivity index (χ0n) is 17.2. The second-order valence-electron chi connectivity index (χ2n) is 7.48. The molecule has 0 aromatic heterocycles. The summed E-state index contributed by atoms with van der Waals surface area (Å²) < 4.78 is 5.54. The van der Waals surface area contributed by atoms with E-state index in [0.29, 0.717) is 12.8 Å². The maximum Gasteiger partial charge on any atom is 0.130 e. The summed E-state index contributed by atoms with van der Waals surface area (Å²) in [5.74, 6) is 0.175. The molecule has 6 heteroatoms. The number of halogens is 1. The van der Waals surface area contributed by atoms with E-state index in [1.807, 2.05) is 37.4 Å². The first-order chi connectivity index (χ1) is 14.0. The average molecular weight is 414 g/mol. The van der Waals surface area contributed by atoms with E-state index < -0.39 is 0 Å². The van der Waals surface area contributed by atoms with Gasteiger partial charge in [-0.05, 0) is 68.0 Å². The van der Waals surface area contributed by atoms with E-state index in [4.69, 9.17) is 16.3 Å². The molecular formula is C23H28ClN3O2. The van der Waals surface area contributed by atoms with Gasteiger partial charge in [0.2, 0.25) is 0 Å². The molecule has 0 radical (unpaired) electrons. The minimum atomic E-state index is 0.175. The molecule has 1 aliphatic heterocycles. The van der Waals surface area contributed by atoms with E-state index in [-0.39, 0.29) is 5.78 Å². The molecule has 0 atom stereocenters. The number of morpholine rings is 1. The first-order valence-corrected chi connectivity index (χ1v) is 10.5. The lowest BCUT2D eigenvalue weighted by atomic mass is 10.1. The molecule has 2 aliphatic rings. The minimum Gasteiger partial charge on any atom is -0.378 e. The molecule has 0 spiro atoms. The van der Waals surface area contributed by atoms with Crippen molar-refractivity contribution in [2.24, 2.45) is 10.2 Å². The molecule has 5 nitrogen and oxygen atoms in total. The highest BCUT2D eigenvalue weighted by molar-refractivity contribution is 6.30. The molecule has 29 heavy (non-hydrogen) atoms. The van der Waals surface area contributed by atoms with E-state index in [2.05, 4.69) is 21.2 Å². The van der Waals surface area contributed by atoms with Gasteiger partial charge in [-0.25, -0.2) is 0 Å². The van der Waals surface area contributed by atoms with E-state index in [1.165, 1.54) is 16.8 Å². The predicted octanol–water partition coefficient (Wildman–Crippen LogP) is 4.92. The van der Waals surface area contributed by atoms with Gasteiger partial charge in [-0.1, -0.05) is 23.7 Å². The Labute approximate surface area is 177 Å². The average Bonchev–Trinajstić information content (AvgIpc) is 3.11. The molecular weight excluding hydrogens is 386 g/mol. The smallest absolute Gasteiger partial charge is 0.130 e. The summed E-state index contributed by atoms with van der Waals surface area (Å²) in [7, 11) is 0. The minimum absolute atomic E-state index is 0.175. The summed E-state index contributed by atoms with van der Waals surface area (Å²) in [6, 6.07) is 7.92. The number of rotatable bonds is 7. The van der Waals surface area contributed by atoms with Gasteiger partial charge in [-0.15, -0.1) is 0 Å². The number of carbonyl (C=O) groups is 1. The lowest BCUT2D eigenvalue weighted by molar-refractivity contribution is -0.116. The van der Waals surface area contributed by atoms with Crippen LogP contribution in [0.5, 0.6) is 0 Å². The molecule has 3 rings (SSSR count). The zero-order chi connectivity index (χ0) is 20.6. The number of nitrogens with zero attached hydrogens (tertiary/aromatic N) is 3. The Kier molecular flexibility index (Phi) is 7.78. The predicted molar refractivity (Wildman–Crippen MR) is 120 cm³/mol. The monoisotopic (exact) mass is 413 g/mol. The number of ether oxygens (including phenoxy) is 1. The van der Waals surface area contributed by atoms with Crippen molar-refractivity contribution in [3.8, 4) is 0 Å². The van der Waals surface area contributed by atoms with E-state index in [1.54, 1.807) is 6.92 Å². The lowest BCUT2D eigenvalue weighted by Crippen LogP contribution is -2.36. The number of hydrogen-bond acceptors (Lipinski definition) is 5. The van der Waals surface area contributed by atoms with Crippen LogP contribution in [0.25, 0.3) is 6.08 Å². The van der Waals surface area contributed by atoms with Crippen LogP contribution < -0.4 is 0 Å². The third-order valence-electron chi connectivity index (χ3n) is 5.09. The van der Waals surface area contributed by atoms with Gasteiger partial charge in [-0.2, -0.15) is 10.2 Å². The third-order valence-corrected chi connectivity index (χ3v) is 5.34. The molecule has 1 aliphatic carbocycles. The largest absolute Gasteiger partial charge is 0.378 e. The fourth-order valence-corrected chi connectivity index (χ4v) is 3.66. The number of Topliss-reactive ketones (excluding diaryl/α,β-unsaturated/α-hetero) is 1. The Hall–Kier alpha value is -2.24. The fourth-order valence-electron chi connectivity index (χ4n) is 3.54. The van der Waals surface area contributed by atoms with E-state index in [9.17, 15) is 4.79 Å². The molecule has 0 unspecified atom stereocenters. The van der Waals surface area contributed by atoms with Crippen molar-refractivity contribution in [3.63, 3.8) is 0 Å². The van der Waals surface area contributed by atoms with Crippen molar-refractivity contribution in [2.45, 2.75) is 39.5 Å². The maximum absolute atomic E-state index is 11.1. The van der Waals surface area contributed by atoms with Crippen LogP contribution in [0, 0.1) is 0 Å². The molecule has 1 heterocycles. The Balaban J connectivity index is 1.84. The molecule has 0 saturated carbocycles. The van der Waals surface area contributed by atoms with Gasteiger partial charge in [0.25, 0.3) is 0 Å². The topological polar surface area (TPSA) is 54.3 Å². The Morgan fingerprint density at radius 2 is 1.86 bits per heavy atom. The highest BCUT2D eigenvalue weighted by Gasteiger charge is 2.25. The number of benzene rings is 1. The number of carbonyl (C=O) groups excluding carboxylic acids is 1. The molecule has 1 saturated heterocycles. The summed E-state index contributed by atoms with van der Waals surface area (Å²) in [6.07, 6.45) is 7.21. The van der Waals surface area contributed by atoms with Gasteiger partial charge >= 0.3 is 0 Å². The lowest BCUT2D eigenvalue weighted by Gasteiger charge is -2.31. The highest BCUT2D eigenvalue weighted by atomic mass is 35.5. The van der Waals surface area contributed by atoms with Gasteiger partial charge in [0, 0.05) is 35.9 Å². The van der Waals surface area contributed by atoms with Crippen LogP contribution >= 0.6 is 11.6 Å². The molecule has 1 fully saturated rings. The van der Waals surface area contributed by atoms with Gasteiger partial charge < -0.3 is 14.4 Å². The van der Waals surface area contributed by atoms with Gasteiger partial charge in [0.1, 0.15) is 5.78 Å². The highest BCUT2D eigenvalue weighted by Crippen LogP contribution is 2.35. The van der Waals surface area contributed by atoms with Crippen LogP contribution in [0.15, 0.2) is 51.3 Å². The number of allylic oxidation sites excluding steroid dienone is 2. The third kappa shape index (κ3) is 6.38. The standard InChI is InChI=1S/C23H28ClN3O2/c1-17(3-4-18(2)28)26-25-16-21-8-7-20(15-19-5-9-22(24)10-6-19)23(21)27-11-13-29-14-12-27/h5-6,9-10,15-16H,3-4,7-8,11-14H2,1-2H3/b20-15?,25-16-,26-17-. The molecule has 1 aromatic rings. The molecule has 0 N–H and O–H groups in total. The van der Waals surface area contributed by atoms with Crippen LogP contribution in [-0.2, 0) is 9.53 Å². The summed E-state index contributed by atoms with van der Waals surface area (Å²) in [5.41, 5.74) is 5.79. The molecule has 0 bridgehead atoms. The van der Waals surface area contributed by atoms with Gasteiger partial charge in [-0.3, -0.25) is 0 Å². The summed E-state index contributed by atoms with van der Waals surface area (Å²) >= 11 is 6.02. The maximum atomic E-state index is 11.1. The Morgan fingerprint density at radius 1 is 1.14 bits per heavy atom. The van der Waals surface area contributed by atoms with Gasteiger partial charge in [0.15, 0.2) is 0 Å². The van der Waals surface area contributed by atoms with Gasteiger partial charge in [0.05, 0.1) is 19.4 Å². The second kappa shape index (κ2) is 10.5.